The van der Waals surface area contributed by atoms with E-state index in [1.807, 2.05) is 11.8 Å². The van der Waals surface area contributed by atoms with E-state index < -0.39 is 0 Å². The van der Waals surface area contributed by atoms with Gasteiger partial charge in [-0.05, 0) is 25.7 Å². The van der Waals surface area contributed by atoms with Gasteiger partial charge in [-0.25, -0.2) is 0 Å². The third-order valence-corrected chi connectivity index (χ3v) is 3.94. The molecule has 1 heterocycles. The van der Waals surface area contributed by atoms with Gasteiger partial charge in [0.15, 0.2) is 0 Å². The largest absolute Gasteiger partial charge is 0.393 e. The molecule has 98 valence electrons. The Kier molecular flexibility index (Phi) is 4.05. The number of aliphatic hydroxyl groups excluding tert-OH is 1. The highest BCUT2D eigenvalue weighted by Gasteiger charge is 2.34. The van der Waals surface area contributed by atoms with Crippen molar-refractivity contribution in [2.75, 3.05) is 13.1 Å². The van der Waals surface area contributed by atoms with E-state index in [0.29, 0.717) is 18.6 Å². The van der Waals surface area contributed by atoms with Crippen molar-refractivity contribution in [1.29, 1.82) is 0 Å². The van der Waals surface area contributed by atoms with Gasteiger partial charge in [-0.3, -0.25) is 4.79 Å². The van der Waals surface area contributed by atoms with E-state index in [1.165, 1.54) is 12.8 Å². The van der Waals surface area contributed by atoms with Gasteiger partial charge in [-0.2, -0.15) is 0 Å². The first-order chi connectivity index (χ1) is 8.10. The Bertz CT molecular complexity index is 279. The van der Waals surface area contributed by atoms with Gasteiger partial charge in [0.1, 0.15) is 0 Å². The Morgan fingerprint density at radius 1 is 1.41 bits per heavy atom. The number of piperidine rings is 1. The van der Waals surface area contributed by atoms with Crippen LogP contribution in [-0.2, 0) is 4.79 Å². The summed E-state index contributed by atoms with van der Waals surface area (Å²) in [5, 5.41) is 13.6. The standard InChI is InChI=1S/C13H24N2O2/c1-3-13(17)10-6-12(14-11-4-5-11)8-15(7-10)9(2)16/h10-14,17H,3-8H2,1-2H3. The van der Waals surface area contributed by atoms with Gasteiger partial charge in [0.25, 0.3) is 0 Å². The molecule has 0 aromatic rings. The Morgan fingerprint density at radius 3 is 2.65 bits per heavy atom. The first-order valence-electron chi connectivity index (χ1n) is 6.79. The van der Waals surface area contributed by atoms with Gasteiger partial charge in [0, 0.05) is 38.0 Å². The maximum absolute atomic E-state index is 11.5. The zero-order valence-electron chi connectivity index (χ0n) is 10.9. The molecule has 17 heavy (non-hydrogen) atoms. The minimum Gasteiger partial charge on any atom is -0.393 e. The van der Waals surface area contributed by atoms with Crippen LogP contribution in [0.4, 0.5) is 0 Å². The quantitative estimate of drug-likeness (QED) is 0.762. The lowest BCUT2D eigenvalue weighted by atomic mass is 9.88. The third kappa shape index (κ3) is 3.42. The van der Waals surface area contributed by atoms with Crippen molar-refractivity contribution in [3.8, 4) is 0 Å². The van der Waals surface area contributed by atoms with E-state index in [-0.39, 0.29) is 17.9 Å². The van der Waals surface area contributed by atoms with Gasteiger partial charge < -0.3 is 15.3 Å². The third-order valence-electron chi connectivity index (χ3n) is 3.94. The fourth-order valence-electron chi connectivity index (χ4n) is 2.71. The second-order valence-corrected chi connectivity index (χ2v) is 5.53. The average Bonchev–Trinajstić information content (AvgIpc) is 3.11. The smallest absolute Gasteiger partial charge is 0.219 e. The minimum atomic E-state index is -0.277. The predicted molar refractivity (Wildman–Crippen MR) is 66.6 cm³/mol. The number of nitrogens with zero attached hydrogens (tertiary/aromatic N) is 1. The van der Waals surface area contributed by atoms with E-state index in [2.05, 4.69) is 5.32 Å². The summed E-state index contributed by atoms with van der Waals surface area (Å²) in [5.41, 5.74) is 0. The second kappa shape index (κ2) is 5.36. The molecule has 1 aliphatic carbocycles. The molecule has 2 N–H and O–H groups in total. The molecule has 4 nitrogen and oxygen atoms in total. The molecule has 0 radical (unpaired) electrons. The van der Waals surface area contributed by atoms with Gasteiger partial charge >= 0.3 is 0 Å². The molecule has 2 aliphatic rings. The van der Waals surface area contributed by atoms with Crippen molar-refractivity contribution in [3.05, 3.63) is 0 Å². The molecule has 1 saturated heterocycles. The van der Waals surface area contributed by atoms with Crippen LogP contribution in [0, 0.1) is 5.92 Å². The van der Waals surface area contributed by atoms with Crippen LogP contribution in [0.1, 0.15) is 39.5 Å². The molecule has 4 heteroatoms. The number of hydrogen-bond acceptors (Lipinski definition) is 3. The number of rotatable bonds is 4. The highest BCUT2D eigenvalue weighted by Crippen LogP contribution is 2.26. The van der Waals surface area contributed by atoms with Crippen LogP contribution in [0.15, 0.2) is 0 Å². The van der Waals surface area contributed by atoms with Crippen LogP contribution in [0.2, 0.25) is 0 Å². The molecule has 0 aromatic heterocycles. The van der Waals surface area contributed by atoms with Crippen molar-refractivity contribution in [3.63, 3.8) is 0 Å². The molecular weight excluding hydrogens is 216 g/mol. The van der Waals surface area contributed by atoms with E-state index >= 15 is 0 Å². The van der Waals surface area contributed by atoms with Crippen LogP contribution in [-0.4, -0.2) is 47.2 Å². The summed E-state index contributed by atoms with van der Waals surface area (Å²) in [4.78, 5) is 13.4. The fraction of sp³-hybridized carbons (Fsp3) is 0.923. The lowest BCUT2D eigenvalue weighted by molar-refractivity contribution is -0.132. The highest BCUT2D eigenvalue weighted by atomic mass is 16.3. The molecule has 0 spiro atoms. The Morgan fingerprint density at radius 2 is 2.12 bits per heavy atom. The van der Waals surface area contributed by atoms with Crippen LogP contribution >= 0.6 is 0 Å². The Hall–Kier alpha value is -0.610. The summed E-state index contributed by atoms with van der Waals surface area (Å²) in [6, 6.07) is 1.03. The molecule has 1 saturated carbocycles. The molecule has 2 rings (SSSR count). The van der Waals surface area contributed by atoms with Crippen LogP contribution in [0.5, 0.6) is 0 Å². The second-order valence-electron chi connectivity index (χ2n) is 5.53. The van der Waals surface area contributed by atoms with Gasteiger partial charge in [-0.1, -0.05) is 6.92 Å². The topological polar surface area (TPSA) is 52.6 Å². The molecule has 0 bridgehead atoms. The van der Waals surface area contributed by atoms with Crippen LogP contribution in [0.3, 0.4) is 0 Å². The number of aliphatic hydroxyl groups is 1. The molecule has 3 unspecified atom stereocenters. The number of carbonyl (C=O) groups is 1. The first kappa shape index (κ1) is 12.8. The summed E-state index contributed by atoms with van der Waals surface area (Å²) in [5.74, 6) is 0.356. The minimum absolute atomic E-state index is 0.126. The zero-order valence-corrected chi connectivity index (χ0v) is 10.9. The number of amides is 1. The SMILES string of the molecule is CCC(O)C1CC(NC2CC2)CN(C(C)=O)C1. The summed E-state index contributed by atoms with van der Waals surface area (Å²) < 4.78 is 0. The first-order valence-corrected chi connectivity index (χ1v) is 6.79. The highest BCUT2D eigenvalue weighted by molar-refractivity contribution is 5.73. The number of hydrogen-bond donors (Lipinski definition) is 2. The van der Waals surface area contributed by atoms with Gasteiger partial charge in [0.05, 0.1) is 6.10 Å². The molecule has 1 aliphatic heterocycles. The van der Waals surface area contributed by atoms with Crippen molar-refractivity contribution < 1.29 is 9.90 Å². The molecule has 0 aromatic carbocycles. The lowest BCUT2D eigenvalue weighted by Crippen LogP contribution is -2.53. The van der Waals surface area contributed by atoms with E-state index in [1.54, 1.807) is 6.92 Å². The van der Waals surface area contributed by atoms with Gasteiger partial charge in [0.2, 0.25) is 5.91 Å². The van der Waals surface area contributed by atoms with Crippen molar-refractivity contribution in [2.24, 2.45) is 5.92 Å². The molecule has 2 fully saturated rings. The van der Waals surface area contributed by atoms with Crippen molar-refractivity contribution in [2.45, 2.75) is 57.7 Å². The number of likely N-dealkylation sites (tertiary alicyclic amines) is 1. The molecular formula is C13H24N2O2. The van der Waals surface area contributed by atoms with Crippen LogP contribution < -0.4 is 5.32 Å². The monoisotopic (exact) mass is 240 g/mol. The summed E-state index contributed by atoms with van der Waals surface area (Å²) in [6.45, 7) is 5.14. The Labute approximate surface area is 103 Å². The summed E-state index contributed by atoms with van der Waals surface area (Å²) in [7, 11) is 0. The maximum Gasteiger partial charge on any atom is 0.219 e. The fourth-order valence-corrected chi connectivity index (χ4v) is 2.71. The summed E-state index contributed by atoms with van der Waals surface area (Å²) >= 11 is 0. The zero-order chi connectivity index (χ0) is 12.4. The van der Waals surface area contributed by atoms with E-state index in [0.717, 1.165) is 19.4 Å². The van der Waals surface area contributed by atoms with E-state index in [9.17, 15) is 9.90 Å². The van der Waals surface area contributed by atoms with Crippen molar-refractivity contribution >= 4 is 5.91 Å². The Balaban J connectivity index is 1.95. The number of nitrogens with one attached hydrogen (secondary N) is 1. The average molecular weight is 240 g/mol. The lowest BCUT2D eigenvalue weighted by Gasteiger charge is -2.39. The maximum atomic E-state index is 11.5. The van der Waals surface area contributed by atoms with Crippen LogP contribution in [0.25, 0.3) is 0 Å². The van der Waals surface area contributed by atoms with Gasteiger partial charge in [-0.15, -0.1) is 0 Å². The normalized spacial score (nSPS) is 31.4. The molecule has 1 amide bonds. The summed E-state index contributed by atoms with van der Waals surface area (Å²) in [6.07, 6.45) is 4.01. The number of carbonyl (C=O) groups excluding carboxylic acids is 1. The predicted octanol–water partition coefficient (Wildman–Crippen LogP) is 0.746. The van der Waals surface area contributed by atoms with Crippen molar-refractivity contribution in [1.82, 2.24) is 10.2 Å². The van der Waals surface area contributed by atoms with E-state index in [4.69, 9.17) is 0 Å². The molecule has 3 atom stereocenters.